The van der Waals surface area contributed by atoms with Crippen molar-refractivity contribution in [1.29, 1.82) is 0 Å². The summed E-state index contributed by atoms with van der Waals surface area (Å²) in [5, 5.41) is 8.67. The molecule has 0 heterocycles. The summed E-state index contributed by atoms with van der Waals surface area (Å²) >= 11 is 0. The van der Waals surface area contributed by atoms with Crippen molar-refractivity contribution in [2.75, 3.05) is 0 Å². The number of esters is 1. The third kappa shape index (κ3) is 3.17. The molecule has 2 fully saturated rings. The van der Waals surface area contributed by atoms with Gasteiger partial charge in [0.2, 0.25) is 0 Å². The van der Waals surface area contributed by atoms with Gasteiger partial charge in [-0.05, 0) is 73.1 Å². The van der Waals surface area contributed by atoms with E-state index in [1.165, 1.54) is 11.1 Å². The van der Waals surface area contributed by atoms with Crippen LogP contribution in [0.3, 0.4) is 0 Å². The normalized spacial score (nSPS) is 31.6. The van der Waals surface area contributed by atoms with Crippen LogP contribution in [0.1, 0.15) is 68.9 Å². The smallest absolute Gasteiger partial charge is 0.311 e. The van der Waals surface area contributed by atoms with Gasteiger partial charge in [0, 0.05) is 11.8 Å². The molecule has 3 aliphatic carbocycles. The van der Waals surface area contributed by atoms with Crippen molar-refractivity contribution in [2.24, 2.45) is 17.3 Å². The van der Waals surface area contributed by atoms with Gasteiger partial charge in [0.05, 0.1) is 12.8 Å². The van der Waals surface area contributed by atoms with Gasteiger partial charge in [-0.15, -0.1) is 0 Å². The molecule has 1 aromatic carbocycles. The lowest BCUT2D eigenvalue weighted by Gasteiger charge is -2.48. The Morgan fingerprint density at radius 3 is 2.78 bits per heavy atom. The summed E-state index contributed by atoms with van der Waals surface area (Å²) in [6.45, 7) is 2.18. The molecule has 2 saturated carbocycles. The second kappa shape index (κ2) is 6.77. The molecule has 27 heavy (non-hydrogen) atoms. The SMILES string of the molecule is CC12CCC3c4ccc(OC(=O)CCC(=O)O)cc4CCC3C1CCC2=O. The standard InChI is InChI=1S/C22H26O5/c1-22-11-10-16-15-5-3-14(27-21(26)9-8-20(24)25)12-13(15)2-4-17(16)18(22)6-7-19(22)23/h3,5,12,16-18H,2,4,6-11H2,1H3,(H,24,25). The minimum absolute atomic E-state index is 0.113. The van der Waals surface area contributed by atoms with Gasteiger partial charge in [-0.3, -0.25) is 14.4 Å². The van der Waals surface area contributed by atoms with Gasteiger partial charge in [0.1, 0.15) is 11.5 Å². The number of fused-ring (bicyclic) bond motifs is 5. The first-order chi connectivity index (χ1) is 12.9. The number of carbonyl (C=O) groups excluding carboxylic acids is 2. The zero-order chi connectivity index (χ0) is 19.2. The van der Waals surface area contributed by atoms with Crippen LogP contribution >= 0.6 is 0 Å². The van der Waals surface area contributed by atoms with Gasteiger partial charge in [0.25, 0.3) is 0 Å². The highest BCUT2D eigenvalue weighted by atomic mass is 16.5. The van der Waals surface area contributed by atoms with Gasteiger partial charge in [-0.2, -0.15) is 0 Å². The summed E-state index contributed by atoms with van der Waals surface area (Å²) in [4.78, 5) is 34.8. The van der Waals surface area contributed by atoms with Crippen LogP contribution in [-0.2, 0) is 20.8 Å². The summed E-state index contributed by atoms with van der Waals surface area (Å²) in [5.74, 6) is 1.02. The number of carboxylic acid groups (broad SMARTS) is 1. The Balaban J connectivity index is 1.50. The summed E-state index contributed by atoms with van der Waals surface area (Å²) < 4.78 is 5.32. The molecule has 0 bridgehead atoms. The molecular formula is C22H26O5. The number of Topliss-reactive ketones (excluding diaryl/α,β-unsaturated/α-hetero) is 1. The Hall–Kier alpha value is -2.17. The van der Waals surface area contributed by atoms with E-state index in [-0.39, 0.29) is 18.3 Å². The van der Waals surface area contributed by atoms with Crippen LogP contribution < -0.4 is 4.74 Å². The van der Waals surface area contributed by atoms with Crippen LogP contribution in [0.15, 0.2) is 18.2 Å². The first-order valence-electron chi connectivity index (χ1n) is 9.97. The number of ketones is 1. The number of hydrogen-bond acceptors (Lipinski definition) is 4. The maximum absolute atomic E-state index is 12.4. The third-order valence-corrected chi connectivity index (χ3v) is 7.18. The van der Waals surface area contributed by atoms with Crippen LogP contribution in [0.2, 0.25) is 0 Å². The lowest BCUT2D eigenvalue weighted by atomic mass is 9.55. The number of aliphatic carboxylic acids is 1. The van der Waals surface area contributed by atoms with Crippen LogP contribution in [-0.4, -0.2) is 22.8 Å². The van der Waals surface area contributed by atoms with E-state index in [2.05, 4.69) is 13.0 Å². The first-order valence-corrected chi connectivity index (χ1v) is 9.97. The second-order valence-electron chi connectivity index (χ2n) is 8.56. The highest BCUT2D eigenvalue weighted by Gasteiger charge is 2.54. The number of ether oxygens (including phenoxy) is 1. The molecule has 0 radical (unpaired) electrons. The number of aryl methyl sites for hydroxylation is 1. The minimum atomic E-state index is -1.00. The molecule has 5 nitrogen and oxygen atoms in total. The number of carboxylic acids is 1. The average Bonchev–Trinajstić information content (AvgIpc) is 2.94. The molecular weight excluding hydrogens is 344 g/mol. The summed E-state index contributed by atoms with van der Waals surface area (Å²) in [5.41, 5.74) is 2.46. The zero-order valence-electron chi connectivity index (χ0n) is 15.7. The average molecular weight is 370 g/mol. The van der Waals surface area contributed by atoms with E-state index in [0.717, 1.165) is 38.5 Å². The molecule has 0 saturated heterocycles. The van der Waals surface area contributed by atoms with Crippen molar-refractivity contribution in [3.63, 3.8) is 0 Å². The lowest BCUT2D eigenvalue weighted by molar-refractivity contribution is -0.142. The molecule has 3 aliphatic rings. The molecule has 0 amide bonds. The number of benzene rings is 1. The van der Waals surface area contributed by atoms with Crippen LogP contribution in [0, 0.1) is 17.3 Å². The van der Waals surface area contributed by atoms with Crippen molar-refractivity contribution in [3.8, 4) is 5.75 Å². The maximum Gasteiger partial charge on any atom is 0.311 e. The summed E-state index contributed by atoms with van der Waals surface area (Å²) in [7, 11) is 0. The molecule has 5 heteroatoms. The Kier molecular flexibility index (Phi) is 4.57. The fraction of sp³-hybridized carbons (Fsp3) is 0.591. The highest BCUT2D eigenvalue weighted by Crippen LogP contribution is 2.59. The fourth-order valence-corrected chi connectivity index (χ4v) is 5.78. The van der Waals surface area contributed by atoms with E-state index < -0.39 is 11.9 Å². The third-order valence-electron chi connectivity index (χ3n) is 7.18. The van der Waals surface area contributed by atoms with Crippen molar-refractivity contribution in [3.05, 3.63) is 29.3 Å². The lowest BCUT2D eigenvalue weighted by Crippen LogP contribution is -2.42. The van der Waals surface area contributed by atoms with Crippen molar-refractivity contribution in [1.82, 2.24) is 0 Å². The molecule has 0 spiro atoms. The van der Waals surface area contributed by atoms with Crippen molar-refractivity contribution < 1.29 is 24.2 Å². The topological polar surface area (TPSA) is 80.7 Å². The largest absolute Gasteiger partial charge is 0.481 e. The summed E-state index contributed by atoms with van der Waals surface area (Å²) in [6.07, 6.45) is 5.49. The second-order valence-corrected chi connectivity index (χ2v) is 8.56. The van der Waals surface area contributed by atoms with E-state index in [1.54, 1.807) is 0 Å². The summed E-state index contributed by atoms with van der Waals surface area (Å²) in [6, 6.07) is 5.84. The van der Waals surface area contributed by atoms with Gasteiger partial charge in [0.15, 0.2) is 0 Å². The van der Waals surface area contributed by atoms with Gasteiger partial charge >= 0.3 is 11.9 Å². The quantitative estimate of drug-likeness (QED) is 0.642. The van der Waals surface area contributed by atoms with Crippen LogP contribution in [0.5, 0.6) is 5.75 Å². The Morgan fingerprint density at radius 1 is 1.19 bits per heavy atom. The van der Waals surface area contributed by atoms with Crippen molar-refractivity contribution >= 4 is 17.7 Å². The Morgan fingerprint density at radius 2 is 2.00 bits per heavy atom. The molecule has 1 aromatic rings. The highest BCUT2D eigenvalue weighted by molar-refractivity contribution is 5.87. The van der Waals surface area contributed by atoms with E-state index in [9.17, 15) is 14.4 Å². The number of rotatable bonds is 4. The van der Waals surface area contributed by atoms with E-state index >= 15 is 0 Å². The fourth-order valence-electron chi connectivity index (χ4n) is 5.78. The number of hydrogen-bond donors (Lipinski definition) is 1. The van der Waals surface area contributed by atoms with E-state index in [0.29, 0.717) is 29.3 Å². The van der Waals surface area contributed by atoms with Gasteiger partial charge < -0.3 is 9.84 Å². The molecule has 4 unspecified atom stereocenters. The molecule has 1 N–H and O–H groups in total. The first kappa shape index (κ1) is 18.2. The van der Waals surface area contributed by atoms with Crippen LogP contribution in [0.25, 0.3) is 0 Å². The zero-order valence-corrected chi connectivity index (χ0v) is 15.7. The monoisotopic (exact) mass is 370 g/mol. The van der Waals surface area contributed by atoms with Crippen LogP contribution in [0.4, 0.5) is 0 Å². The maximum atomic E-state index is 12.4. The molecule has 4 rings (SSSR count). The Bertz CT molecular complexity index is 798. The molecule has 0 aliphatic heterocycles. The molecule has 144 valence electrons. The molecule has 0 aromatic heterocycles. The van der Waals surface area contributed by atoms with Gasteiger partial charge in [-0.25, -0.2) is 0 Å². The predicted octanol–water partition coefficient (Wildman–Crippen LogP) is 3.88. The van der Waals surface area contributed by atoms with E-state index in [1.807, 2.05) is 12.1 Å². The number of carbonyl (C=O) groups is 3. The molecule has 4 atom stereocenters. The minimum Gasteiger partial charge on any atom is -0.481 e. The van der Waals surface area contributed by atoms with Crippen molar-refractivity contribution in [2.45, 2.75) is 64.2 Å². The predicted molar refractivity (Wildman–Crippen MR) is 98.6 cm³/mol. The Labute approximate surface area is 159 Å². The van der Waals surface area contributed by atoms with E-state index in [4.69, 9.17) is 9.84 Å². The van der Waals surface area contributed by atoms with Gasteiger partial charge in [-0.1, -0.05) is 13.0 Å².